The number of rotatable bonds is 3. The van der Waals surface area contributed by atoms with E-state index in [0.29, 0.717) is 10.6 Å². The predicted molar refractivity (Wildman–Crippen MR) is 80.2 cm³/mol. The Morgan fingerprint density at radius 3 is 2.81 bits per heavy atom. The Morgan fingerprint density at radius 1 is 1.33 bits per heavy atom. The molecule has 1 aliphatic rings. The van der Waals surface area contributed by atoms with Crippen molar-refractivity contribution in [3.8, 4) is 0 Å². The topological polar surface area (TPSA) is 79.0 Å². The van der Waals surface area contributed by atoms with Crippen molar-refractivity contribution >= 4 is 15.7 Å². The SMILES string of the molecule is Cc1ccc(N2CC[C@@H](c3[nH]ncc3S(C)(=O)=O)C2)nc1. The Bertz CT molecular complexity index is 737. The predicted octanol–water partition coefficient (Wildman–Crippen LogP) is 1.51. The summed E-state index contributed by atoms with van der Waals surface area (Å²) in [6, 6.07) is 4.04. The van der Waals surface area contributed by atoms with Gasteiger partial charge in [-0.05, 0) is 25.0 Å². The van der Waals surface area contributed by atoms with Crippen molar-refractivity contribution in [2.75, 3.05) is 24.2 Å². The third-order valence-electron chi connectivity index (χ3n) is 3.85. The van der Waals surface area contributed by atoms with Crippen LogP contribution in [0.25, 0.3) is 0 Å². The molecule has 2 aromatic rings. The highest BCUT2D eigenvalue weighted by molar-refractivity contribution is 7.90. The largest absolute Gasteiger partial charge is 0.356 e. The van der Waals surface area contributed by atoms with Gasteiger partial charge in [0.2, 0.25) is 0 Å². The molecule has 2 aromatic heterocycles. The molecule has 3 heterocycles. The minimum atomic E-state index is -3.24. The van der Waals surface area contributed by atoms with Crippen molar-refractivity contribution in [3.05, 3.63) is 35.8 Å². The van der Waals surface area contributed by atoms with Gasteiger partial charge in [0.05, 0.1) is 11.9 Å². The highest BCUT2D eigenvalue weighted by Crippen LogP contribution is 2.32. The number of pyridine rings is 1. The Labute approximate surface area is 124 Å². The Morgan fingerprint density at radius 2 is 2.14 bits per heavy atom. The van der Waals surface area contributed by atoms with E-state index in [0.717, 1.165) is 30.9 Å². The van der Waals surface area contributed by atoms with Crippen molar-refractivity contribution in [2.45, 2.75) is 24.2 Å². The lowest BCUT2D eigenvalue weighted by Crippen LogP contribution is -2.20. The van der Waals surface area contributed by atoms with E-state index in [-0.39, 0.29) is 5.92 Å². The summed E-state index contributed by atoms with van der Waals surface area (Å²) in [6.45, 7) is 3.62. The summed E-state index contributed by atoms with van der Waals surface area (Å²) >= 11 is 0. The molecular formula is C14H18N4O2S. The monoisotopic (exact) mass is 306 g/mol. The summed E-state index contributed by atoms with van der Waals surface area (Å²) in [6.07, 6.45) is 5.36. The van der Waals surface area contributed by atoms with E-state index in [4.69, 9.17) is 0 Å². The van der Waals surface area contributed by atoms with E-state index >= 15 is 0 Å². The maximum Gasteiger partial charge on any atom is 0.178 e. The van der Waals surface area contributed by atoms with Gasteiger partial charge < -0.3 is 4.90 Å². The second kappa shape index (κ2) is 5.14. The summed E-state index contributed by atoms with van der Waals surface area (Å²) in [5, 5.41) is 6.76. The molecule has 1 N–H and O–H groups in total. The Hall–Kier alpha value is -1.89. The normalized spacial score (nSPS) is 19.1. The maximum atomic E-state index is 11.8. The molecule has 1 aliphatic heterocycles. The molecule has 0 radical (unpaired) electrons. The van der Waals surface area contributed by atoms with Gasteiger partial charge in [0, 0.05) is 31.5 Å². The van der Waals surface area contributed by atoms with Gasteiger partial charge in [0.15, 0.2) is 9.84 Å². The first-order valence-corrected chi connectivity index (χ1v) is 8.75. The van der Waals surface area contributed by atoms with Crippen molar-refractivity contribution in [1.82, 2.24) is 15.2 Å². The first-order chi connectivity index (χ1) is 9.95. The number of nitrogens with zero attached hydrogens (tertiary/aromatic N) is 3. The van der Waals surface area contributed by atoms with Crippen LogP contribution in [-0.4, -0.2) is 42.9 Å². The van der Waals surface area contributed by atoms with E-state index < -0.39 is 9.84 Å². The minimum Gasteiger partial charge on any atom is -0.356 e. The molecule has 0 amide bonds. The van der Waals surface area contributed by atoms with Gasteiger partial charge in [-0.15, -0.1) is 0 Å². The van der Waals surface area contributed by atoms with Crippen molar-refractivity contribution < 1.29 is 8.42 Å². The summed E-state index contributed by atoms with van der Waals surface area (Å²) < 4.78 is 23.5. The number of H-pyrrole nitrogens is 1. The number of aromatic nitrogens is 3. The molecule has 3 rings (SSSR count). The highest BCUT2D eigenvalue weighted by atomic mass is 32.2. The molecule has 1 atom stereocenters. The van der Waals surface area contributed by atoms with Gasteiger partial charge >= 0.3 is 0 Å². The molecule has 0 aliphatic carbocycles. The first-order valence-electron chi connectivity index (χ1n) is 6.86. The third-order valence-corrected chi connectivity index (χ3v) is 4.97. The summed E-state index contributed by atoms with van der Waals surface area (Å²) in [5.74, 6) is 1.07. The summed E-state index contributed by atoms with van der Waals surface area (Å²) in [5.41, 5.74) is 1.84. The first kappa shape index (κ1) is 14.1. The lowest BCUT2D eigenvalue weighted by molar-refractivity contribution is 0.598. The van der Waals surface area contributed by atoms with Crippen LogP contribution in [0.2, 0.25) is 0 Å². The molecule has 21 heavy (non-hydrogen) atoms. The maximum absolute atomic E-state index is 11.8. The second-order valence-corrected chi connectivity index (χ2v) is 7.53. The molecule has 7 heteroatoms. The fraction of sp³-hybridized carbons (Fsp3) is 0.429. The van der Waals surface area contributed by atoms with Gasteiger partial charge in [0.1, 0.15) is 10.7 Å². The van der Waals surface area contributed by atoms with E-state index in [1.807, 2.05) is 25.3 Å². The standard InChI is InChI=1S/C14H18N4O2S/c1-10-3-4-13(15-7-10)18-6-5-11(9-18)14-12(8-16-17-14)21(2,19)20/h3-4,7-8,11H,5-6,9H2,1-2H3,(H,16,17)/t11-/m1/s1. The quantitative estimate of drug-likeness (QED) is 0.930. The smallest absolute Gasteiger partial charge is 0.178 e. The van der Waals surface area contributed by atoms with Crippen molar-refractivity contribution in [3.63, 3.8) is 0 Å². The van der Waals surface area contributed by atoms with Gasteiger partial charge in [-0.25, -0.2) is 13.4 Å². The van der Waals surface area contributed by atoms with Crippen LogP contribution >= 0.6 is 0 Å². The molecule has 112 valence electrons. The van der Waals surface area contributed by atoms with Crippen LogP contribution in [0, 0.1) is 6.92 Å². The van der Waals surface area contributed by atoms with Crippen LogP contribution in [0.4, 0.5) is 5.82 Å². The van der Waals surface area contributed by atoms with Gasteiger partial charge in [-0.2, -0.15) is 5.10 Å². The molecule has 0 bridgehead atoms. The summed E-state index contributed by atoms with van der Waals surface area (Å²) in [4.78, 5) is 6.92. The van der Waals surface area contributed by atoms with Crippen LogP contribution in [0.5, 0.6) is 0 Å². The Balaban J connectivity index is 1.82. The lowest BCUT2D eigenvalue weighted by atomic mass is 10.1. The number of anilines is 1. The number of aromatic amines is 1. The number of hydrogen-bond acceptors (Lipinski definition) is 5. The molecule has 1 fully saturated rings. The summed E-state index contributed by atoms with van der Waals surface area (Å²) in [7, 11) is -3.24. The number of sulfone groups is 1. The van der Waals surface area contributed by atoms with Crippen LogP contribution < -0.4 is 4.90 Å². The number of aryl methyl sites for hydroxylation is 1. The zero-order chi connectivity index (χ0) is 15.0. The number of hydrogen-bond donors (Lipinski definition) is 1. The van der Waals surface area contributed by atoms with E-state index in [9.17, 15) is 8.42 Å². The van der Waals surface area contributed by atoms with Crippen LogP contribution in [0.3, 0.4) is 0 Å². The average molecular weight is 306 g/mol. The fourth-order valence-corrected chi connectivity index (χ4v) is 3.58. The zero-order valence-corrected chi connectivity index (χ0v) is 12.9. The average Bonchev–Trinajstić information content (AvgIpc) is 3.07. The molecular weight excluding hydrogens is 288 g/mol. The molecule has 1 saturated heterocycles. The molecule has 0 saturated carbocycles. The fourth-order valence-electron chi connectivity index (χ4n) is 2.72. The van der Waals surface area contributed by atoms with E-state index in [1.54, 1.807) is 0 Å². The van der Waals surface area contributed by atoms with Crippen LogP contribution in [0.1, 0.15) is 23.6 Å². The lowest BCUT2D eigenvalue weighted by Gasteiger charge is -2.17. The van der Waals surface area contributed by atoms with Crippen molar-refractivity contribution in [1.29, 1.82) is 0 Å². The van der Waals surface area contributed by atoms with Crippen LogP contribution in [0.15, 0.2) is 29.4 Å². The van der Waals surface area contributed by atoms with Gasteiger partial charge in [0.25, 0.3) is 0 Å². The molecule has 0 spiro atoms. The third kappa shape index (κ3) is 2.78. The number of nitrogens with one attached hydrogen (secondary N) is 1. The molecule has 6 nitrogen and oxygen atoms in total. The van der Waals surface area contributed by atoms with E-state index in [1.165, 1.54) is 12.5 Å². The Kier molecular flexibility index (Phi) is 3.44. The van der Waals surface area contributed by atoms with Gasteiger partial charge in [-0.3, -0.25) is 5.10 Å². The minimum absolute atomic E-state index is 0.139. The molecule has 0 aromatic carbocycles. The second-order valence-electron chi connectivity index (χ2n) is 5.55. The van der Waals surface area contributed by atoms with Crippen LogP contribution in [-0.2, 0) is 9.84 Å². The van der Waals surface area contributed by atoms with Gasteiger partial charge in [-0.1, -0.05) is 6.07 Å². The van der Waals surface area contributed by atoms with E-state index in [2.05, 4.69) is 20.1 Å². The highest BCUT2D eigenvalue weighted by Gasteiger charge is 2.30. The zero-order valence-electron chi connectivity index (χ0n) is 12.1. The molecule has 0 unspecified atom stereocenters. The van der Waals surface area contributed by atoms with Crippen molar-refractivity contribution in [2.24, 2.45) is 0 Å².